The summed E-state index contributed by atoms with van der Waals surface area (Å²) in [4.78, 5) is 30.3. The Kier molecular flexibility index (Phi) is 6.16. The van der Waals surface area contributed by atoms with Crippen molar-refractivity contribution in [1.82, 2.24) is 15.1 Å². The minimum absolute atomic E-state index is 0.0534. The Morgan fingerprint density at radius 1 is 1.29 bits per heavy atom. The van der Waals surface area contributed by atoms with Crippen molar-refractivity contribution in [2.75, 3.05) is 5.32 Å². The summed E-state index contributed by atoms with van der Waals surface area (Å²) in [6.45, 7) is 3.78. The van der Waals surface area contributed by atoms with Gasteiger partial charge in [-0.3, -0.25) is 19.3 Å². The predicted molar refractivity (Wildman–Crippen MR) is 109 cm³/mol. The van der Waals surface area contributed by atoms with Crippen molar-refractivity contribution in [3.8, 4) is 0 Å². The lowest BCUT2D eigenvalue weighted by atomic mass is 9.88. The molecule has 0 aromatic carbocycles. The normalized spacial score (nSPS) is 18.7. The van der Waals surface area contributed by atoms with Gasteiger partial charge in [0.05, 0.1) is 11.9 Å². The van der Waals surface area contributed by atoms with Gasteiger partial charge >= 0.3 is 0 Å². The van der Waals surface area contributed by atoms with Gasteiger partial charge in [-0.25, -0.2) is 0 Å². The zero-order chi connectivity index (χ0) is 20.3. The summed E-state index contributed by atoms with van der Waals surface area (Å²) in [6.07, 6.45) is 10.6. The Bertz CT molecular complexity index is 761. The largest absolute Gasteiger partial charge is 0.405 e. The third-order valence-electron chi connectivity index (χ3n) is 5.14. The van der Waals surface area contributed by atoms with Crippen molar-refractivity contribution in [1.29, 1.82) is 0 Å². The highest BCUT2D eigenvalue weighted by atomic mass is 16.2. The van der Waals surface area contributed by atoms with Gasteiger partial charge < -0.3 is 16.4 Å². The van der Waals surface area contributed by atoms with E-state index in [4.69, 9.17) is 5.73 Å². The molecule has 2 aliphatic rings. The molecule has 0 bridgehead atoms. The third-order valence-corrected chi connectivity index (χ3v) is 5.14. The molecular formula is C20H30N6O2. The molecule has 152 valence electrons. The first-order chi connectivity index (χ1) is 13.4. The molecular weight excluding hydrogens is 356 g/mol. The van der Waals surface area contributed by atoms with Crippen molar-refractivity contribution in [3.63, 3.8) is 0 Å². The van der Waals surface area contributed by atoms with E-state index in [0.29, 0.717) is 17.5 Å². The molecule has 1 aromatic rings. The molecule has 28 heavy (non-hydrogen) atoms. The lowest BCUT2D eigenvalue weighted by Crippen LogP contribution is -2.51. The van der Waals surface area contributed by atoms with E-state index in [2.05, 4.69) is 20.7 Å². The minimum Gasteiger partial charge on any atom is -0.405 e. The zero-order valence-electron chi connectivity index (χ0n) is 16.8. The standard InChI is InChI=1S/C20H30N6O2/c1-12(2)23-16(8-9-21)19(27)25-18(17(13-4-5-13)14-6-7-14)20(28)24-15-10-22-26(3)11-15/h8-14,17-18H,4-7,21H2,1-3H3,(H,24,28)(H,25,27). The molecule has 1 atom stereocenters. The second-order valence-corrected chi connectivity index (χ2v) is 8.06. The summed E-state index contributed by atoms with van der Waals surface area (Å²) >= 11 is 0. The number of aromatic nitrogens is 2. The fourth-order valence-corrected chi connectivity index (χ4v) is 3.70. The Balaban J connectivity index is 1.81. The fraction of sp³-hybridized carbons (Fsp3) is 0.600. The quantitative estimate of drug-likeness (QED) is 0.559. The Hall–Kier alpha value is -2.64. The predicted octanol–water partition coefficient (Wildman–Crippen LogP) is 1.60. The highest BCUT2D eigenvalue weighted by molar-refractivity contribution is 6.43. The first kappa shape index (κ1) is 20.1. The van der Waals surface area contributed by atoms with Crippen LogP contribution in [0.1, 0.15) is 39.5 Å². The maximum Gasteiger partial charge on any atom is 0.270 e. The third kappa shape index (κ3) is 5.21. The number of carbonyl (C=O) groups is 2. The van der Waals surface area contributed by atoms with Crippen LogP contribution in [0.25, 0.3) is 0 Å². The van der Waals surface area contributed by atoms with Gasteiger partial charge in [-0.2, -0.15) is 5.10 Å². The van der Waals surface area contributed by atoms with Crippen LogP contribution in [0, 0.1) is 17.8 Å². The van der Waals surface area contributed by atoms with Crippen LogP contribution in [0.4, 0.5) is 5.69 Å². The van der Waals surface area contributed by atoms with Gasteiger partial charge in [-0.1, -0.05) is 0 Å². The van der Waals surface area contributed by atoms with Crippen LogP contribution in [-0.4, -0.2) is 39.4 Å². The average molecular weight is 387 g/mol. The number of hydrogen-bond donors (Lipinski definition) is 3. The van der Waals surface area contributed by atoms with Crippen LogP contribution in [0.3, 0.4) is 0 Å². The topological polar surface area (TPSA) is 114 Å². The summed E-state index contributed by atoms with van der Waals surface area (Å²) in [7, 11) is 1.79. The van der Waals surface area contributed by atoms with E-state index >= 15 is 0 Å². The maximum absolute atomic E-state index is 13.1. The van der Waals surface area contributed by atoms with Gasteiger partial charge in [-0.15, -0.1) is 0 Å². The first-order valence-electron chi connectivity index (χ1n) is 9.95. The number of nitrogens with two attached hydrogens (primary N) is 1. The SMILES string of the molecule is CC(C)N=C(C=CN)C(=O)NC(C(=O)Nc1cnn(C)c1)C(C1CC1)C1CC1. The number of nitrogens with one attached hydrogen (secondary N) is 2. The summed E-state index contributed by atoms with van der Waals surface area (Å²) in [5.41, 5.74) is 6.34. The average Bonchev–Trinajstić information content (AvgIpc) is 3.55. The number of hydrogen-bond acceptors (Lipinski definition) is 5. The van der Waals surface area contributed by atoms with Crippen molar-refractivity contribution in [2.45, 2.75) is 51.6 Å². The second kappa shape index (κ2) is 8.58. The molecule has 4 N–H and O–H groups in total. The van der Waals surface area contributed by atoms with Crippen LogP contribution in [-0.2, 0) is 16.6 Å². The summed E-state index contributed by atoms with van der Waals surface area (Å²) in [5.74, 6) is 0.572. The van der Waals surface area contributed by atoms with Crippen molar-refractivity contribution in [2.24, 2.45) is 35.5 Å². The molecule has 8 heteroatoms. The molecule has 0 radical (unpaired) electrons. The molecule has 3 rings (SSSR count). The van der Waals surface area contributed by atoms with Gasteiger partial charge in [0.15, 0.2) is 0 Å². The van der Waals surface area contributed by atoms with E-state index in [0.717, 1.165) is 25.7 Å². The summed E-state index contributed by atoms with van der Waals surface area (Å²) in [5, 5.41) is 9.95. The maximum atomic E-state index is 13.1. The van der Waals surface area contributed by atoms with Crippen LogP contribution in [0.5, 0.6) is 0 Å². The highest BCUT2D eigenvalue weighted by Crippen LogP contribution is 2.50. The van der Waals surface area contributed by atoms with Gasteiger partial charge in [0.25, 0.3) is 5.91 Å². The van der Waals surface area contributed by atoms with E-state index in [9.17, 15) is 9.59 Å². The van der Waals surface area contributed by atoms with Gasteiger partial charge in [-0.05, 0) is 69.6 Å². The van der Waals surface area contributed by atoms with Crippen molar-refractivity contribution in [3.05, 3.63) is 24.7 Å². The number of anilines is 1. The number of aliphatic imine (C=N–C) groups is 1. The molecule has 2 amide bonds. The van der Waals surface area contributed by atoms with Gasteiger partial charge in [0.1, 0.15) is 11.8 Å². The van der Waals surface area contributed by atoms with E-state index in [1.165, 1.54) is 12.3 Å². The van der Waals surface area contributed by atoms with Crippen molar-refractivity contribution >= 4 is 23.2 Å². The molecule has 1 unspecified atom stereocenters. The van der Waals surface area contributed by atoms with E-state index in [1.54, 1.807) is 24.1 Å². The molecule has 1 heterocycles. The van der Waals surface area contributed by atoms with Crippen LogP contribution in [0.2, 0.25) is 0 Å². The summed E-state index contributed by atoms with van der Waals surface area (Å²) < 4.78 is 1.63. The molecule has 0 spiro atoms. The van der Waals surface area contributed by atoms with Gasteiger partial charge in [0.2, 0.25) is 5.91 Å². The second-order valence-electron chi connectivity index (χ2n) is 8.06. The van der Waals surface area contributed by atoms with Gasteiger partial charge in [0, 0.05) is 19.3 Å². The van der Waals surface area contributed by atoms with Crippen LogP contribution < -0.4 is 16.4 Å². The smallest absolute Gasteiger partial charge is 0.270 e. The molecule has 2 aliphatic carbocycles. The number of carbonyl (C=O) groups excluding carboxylic acids is 2. The molecule has 8 nitrogen and oxygen atoms in total. The van der Waals surface area contributed by atoms with E-state index in [1.807, 2.05) is 13.8 Å². The zero-order valence-corrected chi connectivity index (χ0v) is 16.8. The van der Waals surface area contributed by atoms with E-state index < -0.39 is 6.04 Å². The number of aryl methyl sites for hydroxylation is 1. The Morgan fingerprint density at radius 3 is 2.39 bits per heavy atom. The molecule has 2 saturated carbocycles. The first-order valence-corrected chi connectivity index (χ1v) is 9.95. The Morgan fingerprint density at radius 2 is 1.93 bits per heavy atom. The minimum atomic E-state index is -0.601. The van der Waals surface area contributed by atoms with E-state index in [-0.39, 0.29) is 29.5 Å². The number of rotatable bonds is 9. The highest BCUT2D eigenvalue weighted by Gasteiger charge is 2.48. The lowest BCUT2D eigenvalue weighted by molar-refractivity contribution is -0.124. The number of amides is 2. The van der Waals surface area contributed by atoms with Crippen molar-refractivity contribution < 1.29 is 9.59 Å². The Labute approximate surface area is 165 Å². The lowest BCUT2D eigenvalue weighted by Gasteiger charge is -2.27. The monoisotopic (exact) mass is 386 g/mol. The van der Waals surface area contributed by atoms with Crippen LogP contribution >= 0.6 is 0 Å². The molecule has 0 saturated heterocycles. The molecule has 0 aliphatic heterocycles. The fourth-order valence-electron chi connectivity index (χ4n) is 3.70. The molecule has 2 fully saturated rings. The van der Waals surface area contributed by atoms with Crippen LogP contribution in [0.15, 0.2) is 29.7 Å². The summed E-state index contributed by atoms with van der Waals surface area (Å²) in [6, 6.07) is -0.654. The number of nitrogens with zero attached hydrogens (tertiary/aromatic N) is 3. The molecule has 1 aromatic heterocycles.